The number of ether oxygens (including phenoxy) is 1. The van der Waals surface area contributed by atoms with Gasteiger partial charge in [0.2, 0.25) is 0 Å². The normalized spacial score (nSPS) is 18.1. The van der Waals surface area contributed by atoms with Crippen LogP contribution in [-0.4, -0.2) is 48.3 Å². The molecule has 0 aliphatic carbocycles. The van der Waals surface area contributed by atoms with Gasteiger partial charge in [-0.05, 0) is 24.1 Å². The lowest BCUT2D eigenvalue weighted by Gasteiger charge is -2.17. The summed E-state index contributed by atoms with van der Waals surface area (Å²) in [6, 6.07) is 6.69. The average Bonchev–Trinajstić information content (AvgIpc) is 2.87. The zero-order valence-electron chi connectivity index (χ0n) is 11.3. The molecule has 1 aromatic rings. The molecule has 1 aliphatic heterocycles. The number of carbonyl (C=O) groups is 2. The predicted octanol–water partition coefficient (Wildman–Crippen LogP) is 1.57. The fraction of sp³-hybridized carbons (Fsp3) is 0.429. The lowest BCUT2D eigenvalue weighted by Crippen LogP contribution is -2.33. The van der Waals surface area contributed by atoms with Gasteiger partial charge in [0.15, 0.2) is 0 Å². The average molecular weight is 278 g/mol. The van der Waals surface area contributed by atoms with Crippen LogP contribution >= 0.6 is 0 Å². The van der Waals surface area contributed by atoms with Gasteiger partial charge in [0.25, 0.3) is 0 Å². The van der Waals surface area contributed by atoms with Gasteiger partial charge in [-0.25, -0.2) is 4.79 Å². The number of urea groups is 1. The fourth-order valence-electron chi connectivity index (χ4n) is 2.24. The molecule has 0 spiro atoms. The zero-order chi connectivity index (χ0) is 14.5. The first-order valence-corrected chi connectivity index (χ1v) is 6.48. The molecule has 0 radical (unpaired) electrons. The molecule has 0 saturated carbocycles. The quantitative estimate of drug-likeness (QED) is 0.876. The topological polar surface area (TPSA) is 78.9 Å². The van der Waals surface area contributed by atoms with E-state index in [1.54, 1.807) is 36.3 Å². The minimum atomic E-state index is -0.893. The standard InChI is InChI=1S/C14H18N2O4/c1-20-12-5-6-16(9-12)14(19)15-11-4-2-3-10(7-11)8-13(17)18/h2-4,7,12H,5-6,8-9H2,1H3,(H,15,19)(H,17,18). The Morgan fingerprint density at radius 1 is 1.50 bits per heavy atom. The maximum absolute atomic E-state index is 12.1. The summed E-state index contributed by atoms with van der Waals surface area (Å²) in [6.07, 6.45) is 0.876. The van der Waals surface area contributed by atoms with E-state index in [2.05, 4.69) is 5.32 Å². The Balaban J connectivity index is 1.96. The minimum Gasteiger partial charge on any atom is -0.481 e. The molecule has 108 valence electrons. The maximum atomic E-state index is 12.1. The van der Waals surface area contributed by atoms with Gasteiger partial charge in [0.1, 0.15) is 0 Å². The van der Waals surface area contributed by atoms with E-state index in [0.717, 1.165) is 6.42 Å². The van der Waals surface area contributed by atoms with Gasteiger partial charge in [-0.15, -0.1) is 0 Å². The van der Waals surface area contributed by atoms with Crippen LogP contribution in [0.1, 0.15) is 12.0 Å². The first kappa shape index (κ1) is 14.3. The number of likely N-dealkylation sites (tertiary alicyclic amines) is 1. The van der Waals surface area contributed by atoms with E-state index < -0.39 is 5.97 Å². The number of rotatable bonds is 4. The highest BCUT2D eigenvalue weighted by atomic mass is 16.5. The second-order valence-corrected chi connectivity index (χ2v) is 4.79. The zero-order valence-corrected chi connectivity index (χ0v) is 11.3. The van der Waals surface area contributed by atoms with Gasteiger partial charge in [-0.1, -0.05) is 12.1 Å². The number of hydrogen-bond acceptors (Lipinski definition) is 3. The lowest BCUT2D eigenvalue weighted by molar-refractivity contribution is -0.136. The van der Waals surface area contributed by atoms with Gasteiger partial charge >= 0.3 is 12.0 Å². The van der Waals surface area contributed by atoms with Crippen LogP contribution in [0.25, 0.3) is 0 Å². The van der Waals surface area contributed by atoms with Gasteiger partial charge in [0, 0.05) is 25.9 Å². The summed E-state index contributed by atoms with van der Waals surface area (Å²) in [5.41, 5.74) is 1.26. The van der Waals surface area contributed by atoms with E-state index >= 15 is 0 Å². The summed E-state index contributed by atoms with van der Waals surface area (Å²) in [5.74, 6) is -0.893. The summed E-state index contributed by atoms with van der Waals surface area (Å²) in [5, 5.41) is 11.5. The Labute approximate surface area is 117 Å². The third kappa shape index (κ3) is 3.71. The number of carbonyl (C=O) groups excluding carboxylic acids is 1. The molecular weight excluding hydrogens is 260 g/mol. The number of amides is 2. The molecular formula is C14H18N2O4. The second kappa shape index (κ2) is 6.38. The maximum Gasteiger partial charge on any atom is 0.321 e. The monoisotopic (exact) mass is 278 g/mol. The highest BCUT2D eigenvalue weighted by Gasteiger charge is 2.25. The molecule has 2 amide bonds. The molecule has 1 heterocycles. The van der Waals surface area contributed by atoms with Crippen molar-refractivity contribution in [2.24, 2.45) is 0 Å². The van der Waals surface area contributed by atoms with Gasteiger partial charge in [0.05, 0.1) is 12.5 Å². The molecule has 1 saturated heterocycles. The van der Waals surface area contributed by atoms with E-state index in [4.69, 9.17) is 9.84 Å². The Morgan fingerprint density at radius 3 is 2.95 bits per heavy atom. The number of anilines is 1. The molecule has 20 heavy (non-hydrogen) atoms. The molecule has 6 heteroatoms. The highest BCUT2D eigenvalue weighted by Crippen LogP contribution is 2.16. The summed E-state index contributed by atoms with van der Waals surface area (Å²) >= 11 is 0. The van der Waals surface area contributed by atoms with Crippen LogP contribution in [0.4, 0.5) is 10.5 Å². The number of carboxylic acids is 1. The number of carboxylic acid groups (broad SMARTS) is 1. The molecule has 0 bridgehead atoms. The minimum absolute atomic E-state index is 0.0564. The number of hydrogen-bond donors (Lipinski definition) is 2. The van der Waals surface area contributed by atoms with E-state index in [-0.39, 0.29) is 18.6 Å². The van der Waals surface area contributed by atoms with E-state index in [9.17, 15) is 9.59 Å². The van der Waals surface area contributed by atoms with Crippen LogP contribution < -0.4 is 5.32 Å². The number of nitrogens with zero attached hydrogens (tertiary/aromatic N) is 1. The number of methoxy groups -OCH3 is 1. The highest BCUT2D eigenvalue weighted by molar-refractivity contribution is 5.89. The molecule has 2 rings (SSSR count). The Kier molecular flexibility index (Phi) is 4.57. The van der Waals surface area contributed by atoms with Crippen molar-refractivity contribution in [1.82, 2.24) is 4.90 Å². The smallest absolute Gasteiger partial charge is 0.321 e. The van der Waals surface area contributed by atoms with Crippen molar-refractivity contribution < 1.29 is 19.4 Å². The summed E-state index contributed by atoms with van der Waals surface area (Å²) in [7, 11) is 1.64. The van der Waals surface area contributed by atoms with E-state index in [1.807, 2.05) is 0 Å². The van der Waals surface area contributed by atoms with Crippen molar-refractivity contribution in [3.8, 4) is 0 Å². The third-order valence-electron chi connectivity index (χ3n) is 3.30. The number of nitrogens with one attached hydrogen (secondary N) is 1. The Hall–Kier alpha value is -2.08. The largest absolute Gasteiger partial charge is 0.481 e. The van der Waals surface area contributed by atoms with Crippen molar-refractivity contribution in [2.45, 2.75) is 18.9 Å². The molecule has 1 fully saturated rings. The first-order chi connectivity index (χ1) is 9.58. The molecule has 1 unspecified atom stereocenters. The molecule has 2 N–H and O–H groups in total. The lowest BCUT2D eigenvalue weighted by atomic mass is 10.1. The van der Waals surface area contributed by atoms with Gasteiger partial charge < -0.3 is 20.1 Å². The molecule has 1 aromatic carbocycles. The van der Waals surface area contributed by atoms with Crippen LogP contribution in [0.2, 0.25) is 0 Å². The van der Waals surface area contributed by atoms with Gasteiger partial charge in [-0.2, -0.15) is 0 Å². The van der Waals surface area contributed by atoms with Crippen molar-refractivity contribution in [1.29, 1.82) is 0 Å². The molecule has 1 atom stereocenters. The Morgan fingerprint density at radius 2 is 2.30 bits per heavy atom. The third-order valence-corrected chi connectivity index (χ3v) is 3.30. The van der Waals surface area contributed by atoms with Crippen molar-refractivity contribution >= 4 is 17.7 Å². The van der Waals surface area contributed by atoms with Crippen LogP contribution in [0.5, 0.6) is 0 Å². The molecule has 6 nitrogen and oxygen atoms in total. The van der Waals surface area contributed by atoms with E-state index in [0.29, 0.717) is 24.3 Å². The Bertz CT molecular complexity index is 504. The summed E-state index contributed by atoms with van der Waals surface area (Å²) < 4.78 is 5.22. The van der Waals surface area contributed by atoms with Crippen molar-refractivity contribution in [2.75, 3.05) is 25.5 Å². The fourth-order valence-corrected chi connectivity index (χ4v) is 2.24. The van der Waals surface area contributed by atoms with Crippen molar-refractivity contribution in [3.63, 3.8) is 0 Å². The number of benzene rings is 1. The summed E-state index contributed by atoms with van der Waals surface area (Å²) in [4.78, 5) is 24.4. The van der Waals surface area contributed by atoms with E-state index in [1.165, 1.54) is 0 Å². The molecule has 1 aliphatic rings. The predicted molar refractivity (Wildman–Crippen MR) is 73.8 cm³/mol. The second-order valence-electron chi connectivity index (χ2n) is 4.79. The summed E-state index contributed by atoms with van der Waals surface area (Å²) in [6.45, 7) is 1.25. The van der Waals surface area contributed by atoms with Crippen LogP contribution in [0, 0.1) is 0 Å². The van der Waals surface area contributed by atoms with Crippen molar-refractivity contribution in [3.05, 3.63) is 29.8 Å². The first-order valence-electron chi connectivity index (χ1n) is 6.48. The number of aliphatic carboxylic acids is 1. The SMILES string of the molecule is COC1CCN(C(=O)Nc2cccc(CC(=O)O)c2)C1. The molecule has 0 aromatic heterocycles. The van der Waals surface area contributed by atoms with Gasteiger partial charge in [-0.3, -0.25) is 4.79 Å². The van der Waals surface area contributed by atoms with Crippen LogP contribution in [0.15, 0.2) is 24.3 Å². The van der Waals surface area contributed by atoms with Crippen LogP contribution in [0.3, 0.4) is 0 Å². The van der Waals surface area contributed by atoms with Crippen LogP contribution in [-0.2, 0) is 16.0 Å².